The molecule has 0 saturated heterocycles. The van der Waals surface area contributed by atoms with Gasteiger partial charge in [-0.25, -0.2) is 0 Å². The van der Waals surface area contributed by atoms with Crippen LogP contribution < -0.4 is 11.3 Å². The second-order valence-corrected chi connectivity index (χ2v) is 3.61. The van der Waals surface area contributed by atoms with Crippen LogP contribution in [0.2, 0.25) is 0 Å². The molecule has 0 aliphatic heterocycles. The molecule has 0 fully saturated rings. The predicted molar refractivity (Wildman–Crippen MR) is 53.5 cm³/mol. The van der Waals surface area contributed by atoms with Gasteiger partial charge in [-0.3, -0.25) is 11.3 Å². The van der Waals surface area contributed by atoms with E-state index in [1.807, 2.05) is 17.8 Å². The normalized spacial score (nSPS) is 12.9. The van der Waals surface area contributed by atoms with Crippen molar-refractivity contribution in [3.63, 3.8) is 0 Å². The lowest BCUT2D eigenvalue weighted by Crippen LogP contribution is -2.36. The molecule has 11 heavy (non-hydrogen) atoms. The Hall–Kier alpha value is 0.01000. The van der Waals surface area contributed by atoms with Crippen molar-refractivity contribution in [1.29, 1.82) is 0 Å². The summed E-state index contributed by atoms with van der Waals surface area (Å²) in [7, 11) is 0. The van der Waals surface area contributed by atoms with Crippen molar-refractivity contribution < 1.29 is 0 Å². The summed E-state index contributed by atoms with van der Waals surface area (Å²) in [6, 6.07) is 0.393. The Morgan fingerprint density at radius 2 is 2.45 bits per heavy atom. The first-order valence-electron chi connectivity index (χ1n) is 3.99. The van der Waals surface area contributed by atoms with Crippen LogP contribution in [-0.2, 0) is 0 Å². The van der Waals surface area contributed by atoms with Gasteiger partial charge in [-0.1, -0.05) is 13.0 Å². The van der Waals surface area contributed by atoms with E-state index in [4.69, 9.17) is 5.84 Å². The first-order chi connectivity index (χ1) is 5.35. The highest BCUT2D eigenvalue weighted by Crippen LogP contribution is 2.06. The van der Waals surface area contributed by atoms with Gasteiger partial charge in [0.15, 0.2) is 0 Å². The molecule has 1 unspecified atom stereocenters. The summed E-state index contributed by atoms with van der Waals surface area (Å²) in [5.74, 6) is 7.63. The van der Waals surface area contributed by atoms with Crippen molar-refractivity contribution in [3.8, 4) is 0 Å². The predicted octanol–water partition coefficient (Wildman–Crippen LogP) is 1.54. The Balaban J connectivity index is 3.27. The zero-order valence-corrected chi connectivity index (χ0v) is 7.99. The lowest BCUT2D eigenvalue weighted by Gasteiger charge is -2.12. The van der Waals surface area contributed by atoms with E-state index in [-0.39, 0.29) is 0 Å². The second kappa shape index (κ2) is 8.11. The highest BCUT2D eigenvalue weighted by molar-refractivity contribution is 7.99. The fourth-order valence-electron chi connectivity index (χ4n) is 0.755. The van der Waals surface area contributed by atoms with Gasteiger partial charge < -0.3 is 0 Å². The molecule has 0 heterocycles. The average Bonchev–Trinajstić information content (AvgIpc) is 2.03. The van der Waals surface area contributed by atoms with Crippen LogP contribution in [0.25, 0.3) is 0 Å². The van der Waals surface area contributed by atoms with Crippen LogP contribution in [-0.4, -0.2) is 17.5 Å². The topological polar surface area (TPSA) is 38.0 Å². The van der Waals surface area contributed by atoms with Gasteiger partial charge in [-0.2, -0.15) is 11.8 Å². The van der Waals surface area contributed by atoms with Gasteiger partial charge >= 0.3 is 0 Å². The van der Waals surface area contributed by atoms with Crippen LogP contribution in [0.4, 0.5) is 0 Å². The molecule has 0 rings (SSSR count). The molecule has 0 aromatic carbocycles. The van der Waals surface area contributed by atoms with Crippen LogP contribution in [0.1, 0.15) is 19.8 Å². The average molecular weight is 174 g/mol. The van der Waals surface area contributed by atoms with Gasteiger partial charge in [0, 0.05) is 11.8 Å². The third kappa shape index (κ3) is 6.41. The molecule has 0 aliphatic rings. The van der Waals surface area contributed by atoms with Crippen LogP contribution >= 0.6 is 11.8 Å². The first-order valence-corrected chi connectivity index (χ1v) is 5.15. The van der Waals surface area contributed by atoms with E-state index < -0.39 is 0 Å². The molecular formula is C8H18N2S. The van der Waals surface area contributed by atoms with Gasteiger partial charge in [0.05, 0.1) is 0 Å². The molecule has 0 bridgehead atoms. The van der Waals surface area contributed by atoms with Gasteiger partial charge in [-0.05, 0) is 18.6 Å². The van der Waals surface area contributed by atoms with Crippen molar-refractivity contribution in [2.24, 2.45) is 5.84 Å². The largest absolute Gasteiger partial charge is 0.271 e. The standard InChI is InChI=1S/C8H18N2S/c1-3-5-8(10-9)7-11-6-4-2/h3,8,10H,1,4-7,9H2,2H3. The maximum atomic E-state index is 5.33. The van der Waals surface area contributed by atoms with E-state index in [9.17, 15) is 0 Å². The molecular weight excluding hydrogens is 156 g/mol. The minimum atomic E-state index is 0.393. The molecule has 0 aromatic rings. The summed E-state index contributed by atoms with van der Waals surface area (Å²) < 4.78 is 0. The van der Waals surface area contributed by atoms with Crippen molar-refractivity contribution in [1.82, 2.24) is 5.43 Å². The quantitative estimate of drug-likeness (QED) is 0.266. The van der Waals surface area contributed by atoms with E-state index in [2.05, 4.69) is 18.9 Å². The fourth-order valence-corrected chi connectivity index (χ4v) is 1.73. The molecule has 2 nitrogen and oxygen atoms in total. The van der Waals surface area contributed by atoms with E-state index >= 15 is 0 Å². The summed E-state index contributed by atoms with van der Waals surface area (Å²) in [6.45, 7) is 5.86. The number of nitrogens with one attached hydrogen (secondary N) is 1. The lowest BCUT2D eigenvalue weighted by molar-refractivity contribution is 0.585. The smallest absolute Gasteiger partial charge is 0.0335 e. The maximum Gasteiger partial charge on any atom is 0.0335 e. The van der Waals surface area contributed by atoms with Crippen molar-refractivity contribution in [3.05, 3.63) is 12.7 Å². The Labute approximate surface area is 73.6 Å². The van der Waals surface area contributed by atoms with E-state index in [0.29, 0.717) is 6.04 Å². The lowest BCUT2D eigenvalue weighted by atomic mass is 10.2. The summed E-state index contributed by atoms with van der Waals surface area (Å²) in [5.41, 5.74) is 2.77. The Morgan fingerprint density at radius 3 is 2.91 bits per heavy atom. The number of hydrazine groups is 1. The van der Waals surface area contributed by atoms with Gasteiger partial charge in [0.25, 0.3) is 0 Å². The van der Waals surface area contributed by atoms with Crippen LogP contribution in [0.5, 0.6) is 0 Å². The molecule has 1 atom stereocenters. The van der Waals surface area contributed by atoms with Crippen LogP contribution in [0.3, 0.4) is 0 Å². The maximum absolute atomic E-state index is 5.33. The minimum Gasteiger partial charge on any atom is -0.271 e. The molecule has 3 N–H and O–H groups in total. The molecule has 0 aromatic heterocycles. The molecule has 0 aliphatic carbocycles. The number of thioether (sulfide) groups is 1. The summed E-state index contributed by atoms with van der Waals surface area (Å²) in [6.07, 6.45) is 4.08. The van der Waals surface area contributed by atoms with E-state index in [1.165, 1.54) is 12.2 Å². The van der Waals surface area contributed by atoms with E-state index in [0.717, 1.165) is 12.2 Å². The zero-order chi connectivity index (χ0) is 8.53. The fraction of sp³-hybridized carbons (Fsp3) is 0.750. The van der Waals surface area contributed by atoms with Crippen molar-refractivity contribution in [2.75, 3.05) is 11.5 Å². The van der Waals surface area contributed by atoms with Crippen molar-refractivity contribution in [2.45, 2.75) is 25.8 Å². The number of hydrogen-bond acceptors (Lipinski definition) is 3. The number of hydrogen-bond donors (Lipinski definition) is 2. The highest BCUT2D eigenvalue weighted by Gasteiger charge is 2.02. The molecule has 3 heteroatoms. The first kappa shape index (κ1) is 11.0. The molecule has 0 amide bonds. The highest BCUT2D eigenvalue weighted by atomic mass is 32.2. The minimum absolute atomic E-state index is 0.393. The van der Waals surface area contributed by atoms with Gasteiger partial charge in [0.1, 0.15) is 0 Å². The van der Waals surface area contributed by atoms with Gasteiger partial charge in [0.2, 0.25) is 0 Å². The van der Waals surface area contributed by atoms with E-state index in [1.54, 1.807) is 0 Å². The van der Waals surface area contributed by atoms with Gasteiger partial charge in [-0.15, -0.1) is 6.58 Å². The van der Waals surface area contributed by atoms with Crippen LogP contribution in [0.15, 0.2) is 12.7 Å². The second-order valence-electron chi connectivity index (χ2n) is 2.46. The number of nitrogens with two attached hydrogens (primary N) is 1. The Morgan fingerprint density at radius 1 is 1.73 bits per heavy atom. The summed E-state index contributed by atoms with van der Waals surface area (Å²) in [4.78, 5) is 0. The third-order valence-corrected chi connectivity index (χ3v) is 2.69. The zero-order valence-electron chi connectivity index (χ0n) is 7.18. The van der Waals surface area contributed by atoms with Crippen molar-refractivity contribution >= 4 is 11.8 Å². The van der Waals surface area contributed by atoms with Crippen LogP contribution in [0, 0.1) is 0 Å². The molecule has 66 valence electrons. The summed E-state index contributed by atoms with van der Waals surface area (Å²) >= 11 is 1.94. The molecule has 0 radical (unpaired) electrons. The third-order valence-electron chi connectivity index (χ3n) is 1.35. The molecule has 0 spiro atoms. The Bertz CT molecular complexity index is 96.1. The Kier molecular flexibility index (Phi) is 8.12. The SMILES string of the molecule is C=CCC(CSCCC)NN. The summed E-state index contributed by atoms with van der Waals surface area (Å²) in [5, 5.41) is 0. The number of rotatable bonds is 7. The monoisotopic (exact) mass is 174 g/mol. The molecule has 0 saturated carbocycles.